The molecule has 0 fully saturated rings. The zero-order valence-electron chi connectivity index (χ0n) is 10.2. The monoisotopic (exact) mass is 320 g/mol. The first kappa shape index (κ1) is 13.5. The number of nitrogens with one attached hydrogen (secondary N) is 1. The highest BCUT2D eigenvalue weighted by Crippen LogP contribution is 2.22. The number of amides is 1. The molecule has 1 heterocycles. The van der Waals surface area contributed by atoms with Gasteiger partial charge in [-0.3, -0.25) is 4.79 Å². The van der Waals surface area contributed by atoms with Crippen molar-refractivity contribution in [1.82, 2.24) is 10.3 Å². The minimum atomic E-state index is -0.196. The quantitative estimate of drug-likeness (QED) is 0.862. The van der Waals surface area contributed by atoms with E-state index in [0.29, 0.717) is 29.1 Å². The molecule has 0 bridgehead atoms. The number of pyridine rings is 1. The van der Waals surface area contributed by atoms with Crippen molar-refractivity contribution in [3.05, 3.63) is 54.2 Å². The Labute approximate surface area is 119 Å². The van der Waals surface area contributed by atoms with Crippen LogP contribution >= 0.6 is 15.9 Å². The molecule has 2 rings (SSSR count). The predicted molar refractivity (Wildman–Crippen MR) is 76.9 cm³/mol. The summed E-state index contributed by atoms with van der Waals surface area (Å²) in [5, 5.41) is 3.47. The van der Waals surface area contributed by atoms with Crippen molar-refractivity contribution in [2.45, 2.75) is 0 Å². The second-order valence-corrected chi connectivity index (χ2v) is 4.51. The largest absolute Gasteiger partial charge is 0.438 e. The van der Waals surface area contributed by atoms with E-state index in [4.69, 9.17) is 4.74 Å². The lowest BCUT2D eigenvalue weighted by molar-refractivity contribution is 0.0953. The molecule has 1 amide bonds. The average Bonchev–Trinajstić information content (AvgIpc) is 2.46. The summed E-state index contributed by atoms with van der Waals surface area (Å²) in [7, 11) is 0. The Morgan fingerprint density at radius 3 is 2.74 bits per heavy atom. The van der Waals surface area contributed by atoms with Crippen molar-refractivity contribution in [1.29, 1.82) is 0 Å². The lowest BCUT2D eigenvalue weighted by atomic mass is 10.2. The molecule has 0 saturated carbocycles. The molecule has 4 nitrogen and oxygen atoms in total. The van der Waals surface area contributed by atoms with E-state index in [2.05, 4.69) is 26.2 Å². The highest BCUT2D eigenvalue weighted by molar-refractivity contribution is 9.09. The van der Waals surface area contributed by atoms with E-state index in [-0.39, 0.29) is 5.91 Å². The molecular formula is C14H13BrN2O2. The van der Waals surface area contributed by atoms with Crippen LogP contribution in [0.4, 0.5) is 0 Å². The summed E-state index contributed by atoms with van der Waals surface area (Å²) in [6.45, 7) is 0.554. The Hall–Kier alpha value is -1.88. The fourth-order valence-corrected chi connectivity index (χ4v) is 1.70. The van der Waals surface area contributed by atoms with Crippen molar-refractivity contribution >= 4 is 21.8 Å². The summed E-state index contributed by atoms with van der Waals surface area (Å²) >= 11 is 3.26. The maximum Gasteiger partial charge on any atom is 0.256 e. The molecule has 0 spiro atoms. The second-order valence-electron chi connectivity index (χ2n) is 3.72. The van der Waals surface area contributed by atoms with Gasteiger partial charge in [-0.15, -0.1) is 0 Å². The highest BCUT2D eigenvalue weighted by atomic mass is 79.9. The van der Waals surface area contributed by atoms with Crippen molar-refractivity contribution in [2.24, 2.45) is 0 Å². The summed E-state index contributed by atoms with van der Waals surface area (Å²) in [6.07, 6.45) is 1.60. The molecular weight excluding hydrogens is 308 g/mol. The van der Waals surface area contributed by atoms with Gasteiger partial charge >= 0.3 is 0 Å². The van der Waals surface area contributed by atoms with E-state index in [1.54, 1.807) is 18.3 Å². The molecule has 1 aromatic heterocycles. The van der Waals surface area contributed by atoms with Gasteiger partial charge < -0.3 is 10.1 Å². The van der Waals surface area contributed by atoms with Crippen LogP contribution in [0.3, 0.4) is 0 Å². The minimum absolute atomic E-state index is 0.196. The van der Waals surface area contributed by atoms with Gasteiger partial charge in [0.05, 0.1) is 0 Å². The van der Waals surface area contributed by atoms with E-state index in [0.717, 1.165) is 0 Å². The van der Waals surface area contributed by atoms with Crippen LogP contribution in [-0.4, -0.2) is 22.8 Å². The van der Waals surface area contributed by atoms with Gasteiger partial charge in [-0.25, -0.2) is 4.98 Å². The van der Waals surface area contributed by atoms with Crippen LogP contribution in [0.15, 0.2) is 48.7 Å². The van der Waals surface area contributed by atoms with Crippen LogP contribution < -0.4 is 10.1 Å². The summed E-state index contributed by atoms with van der Waals surface area (Å²) in [5.41, 5.74) is 0.423. The van der Waals surface area contributed by atoms with E-state index in [1.165, 1.54) is 0 Å². The number of benzene rings is 1. The number of aromatic nitrogens is 1. The first-order valence-electron chi connectivity index (χ1n) is 5.83. The number of para-hydroxylation sites is 1. The fourth-order valence-electron chi connectivity index (χ4n) is 1.50. The van der Waals surface area contributed by atoms with Gasteiger partial charge in [0, 0.05) is 18.1 Å². The first-order valence-corrected chi connectivity index (χ1v) is 6.95. The fraction of sp³-hybridized carbons (Fsp3) is 0.143. The van der Waals surface area contributed by atoms with Gasteiger partial charge in [0.25, 0.3) is 5.91 Å². The number of hydrogen-bond acceptors (Lipinski definition) is 3. The Balaban J connectivity index is 2.19. The van der Waals surface area contributed by atoms with Crippen LogP contribution in [0.2, 0.25) is 0 Å². The SMILES string of the molecule is O=C(NCCBr)c1cccnc1Oc1ccccc1. The summed E-state index contributed by atoms with van der Waals surface area (Å²) < 4.78 is 5.63. The third kappa shape index (κ3) is 3.79. The Kier molecular flexibility index (Phi) is 4.92. The summed E-state index contributed by atoms with van der Waals surface area (Å²) in [6, 6.07) is 12.7. The number of alkyl halides is 1. The van der Waals surface area contributed by atoms with Crippen molar-refractivity contribution in [3.63, 3.8) is 0 Å². The molecule has 98 valence electrons. The van der Waals surface area contributed by atoms with Crippen molar-refractivity contribution in [3.8, 4) is 11.6 Å². The van der Waals surface area contributed by atoms with Gasteiger partial charge in [0.15, 0.2) is 0 Å². The summed E-state index contributed by atoms with van der Waals surface area (Å²) in [4.78, 5) is 16.1. The number of rotatable bonds is 5. The number of ether oxygens (including phenoxy) is 1. The number of nitrogens with zero attached hydrogens (tertiary/aromatic N) is 1. The molecule has 0 atom stereocenters. The lowest BCUT2D eigenvalue weighted by Gasteiger charge is -2.09. The normalized spacial score (nSPS) is 9.95. The van der Waals surface area contributed by atoms with Crippen molar-refractivity contribution < 1.29 is 9.53 Å². The highest BCUT2D eigenvalue weighted by Gasteiger charge is 2.13. The lowest BCUT2D eigenvalue weighted by Crippen LogP contribution is -2.25. The molecule has 0 unspecified atom stereocenters. The summed E-state index contributed by atoms with van der Waals surface area (Å²) in [5.74, 6) is 0.759. The van der Waals surface area contributed by atoms with Crippen LogP contribution in [0.5, 0.6) is 11.6 Å². The molecule has 0 aliphatic carbocycles. The van der Waals surface area contributed by atoms with E-state index < -0.39 is 0 Å². The number of halogens is 1. The smallest absolute Gasteiger partial charge is 0.256 e. The van der Waals surface area contributed by atoms with Gasteiger partial charge in [-0.1, -0.05) is 34.1 Å². The van der Waals surface area contributed by atoms with Crippen LogP contribution in [0.25, 0.3) is 0 Å². The molecule has 5 heteroatoms. The maximum absolute atomic E-state index is 12.0. The third-order valence-corrected chi connectivity index (χ3v) is 2.75. The molecule has 19 heavy (non-hydrogen) atoms. The molecule has 0 saturated heterocycles. The zero-order chi connectivity index (χ0) is 13.5. The predicted octanol–water partition coefficient (Wildman–Crippen LogP) is 3.00. The van der Waals surface area contributed by atoms with E-state index >= 15 is 0 Å². The van der Waals surface area contributed by atoms with Gasteiger partial charge in [-0.2, -0.15) is 0 Å². The van der Waals surface area contributed by atoms with Crippen molar-refractivity contribution in [2.75, 3.05) is 11.9 Å². The Morgan fingerprint density at radius 1 is 1.21 bits per heavy atom. The Morgan fingerprint density at radius 2 is 2.00 bits per heavy atom. The third-order valence-electron chi connectivity index (χ3n) is 2.35. The topological polar surface area (TPSA) is 51.2 Å². The second kappa shape index (κ2) is 6.89. The molecule has 0 aliphatic heterocycles. The number of carbonyl (C=O) groups is 1. The maximum atomic E-state index is 12.0. The minimum Gasteiger partial charge on any atom is -0.438 e. The van der Waals surface area contributed by atoms with Crippen LogP contribution in [0.1, 0.15) is 10.4 Å². The molecule has 1 N–H and O–H groups in total. The molecule has 0 aliphatic rings. The molecule has 0 radical (unpaired) electrons. The molecule has 1 aromatic carbocycles. The zero-order valence-corrected chi connectivity index (χ0v) is 11.8. The Bertz CT molecular complexity index is 546. The van der Waals surface area contributed by atoms with Gasteiger partial charge in [0.2, 0.25) is 5.88 Å². The average molecular weight is 321 g/mol. The van der Waals surface area contributed by atoms with Crippen LogP contribution in [0, 0.1) is 0 Å². The standard InChI is InChI=1S/C14H13BrN2O2/c15-8-10-16-13(18)12-7-4-9-17-14(12)19-11-5-2-1-3-6-11/h1-7,9H,8,10H2,(H,16,18). The first-order chi connectivity index (χ1) is 9.31. The van der Waals surface area contributed by atoms with E-state index in [1.807, 2.05) is 30.3 Å². The number of hydrogen-bond donors (Lipinski definition) is 1. The number of carbonyl (C=O) groups excluding carboxylic acids is 1. The van der Waals surface area contributed by atoms with E-state index in [9.17, 15) is 4.79 Å². The molecule has 2 aromatic rings. The van der Waals surface area contributed by atoms with Gasteiger partial charge in [0.1, 0.15) is 11.3 Å². The van der Waals surface area contributed by atoms with Crippen LogP contribution in [-0.2, 0) is 0 Å². The van der Waals surface area contributed by atoms with Gasteiger partial charge in [-0.05, 0) is 24.3 Å².